The zero-order chi connectivity index (χ0) is 11.7. The standard InChI is InChI=1S/C11H10ClFN2O/c1-7(16)8-2-3-11(10(13)4-8)15-6-9(12)5-14-15/h2-7,16H,1H3/t7-/m0/s1. The highest BCUT2D eigenvalue weighted by molar-refractivity contribution is 6.30. The van der Waals surface area contributed by atoms with E-state index in [0.29, 0.717) is 16.3 Å². The zero-order valence-electron chi connectivity index (χ0n) is 8.56. The van der Waals surface area contributed by atoms with Crippen LogP contribution in [0, 0.1) is 5.82 Å². The Morgan fingerprint density at radius 1 is 1.50 bits per heavy atom. The van der Waals surface area contributed by atoms with Gasteiger partial charge in [0.2, 0.25) is 0 Å². The van der Waals surface area contributed by atoms with Crippen LogP contribution in [0.1, 0.15) is 18.6 Å². The van der Waals surface area contributed by atoms with E-state index >= 15 is 0 Å². The van der Waals surface area contributed by atoms with Crippen LogP contribution in [0.15, 0.2) is 30.6 Å². The van der Waals surface area contributed by atoms with Gasteiger partial charge in [0.1, 0.15) is 11.5 Å². The summed E-state index contributed by atoms with van der Waals surface area (Å²) in [4.78, 5) is 0. The van der Waals surface area contributed by atoms with Crippen LogP contribution in [0.4, 0.5) is 4.39 Å². The highest BCUT2D eigenvalue weighted by Crippen LogP contribution is 2.20. The molecule has 0 aliphatic rings. The van der Waals surface area contributed by atoms with Gasteiger partial charge in [-0.3, -0.25) is 0 Å². The first-order valence-electron chi connectivity index (χ1n) is 4.76. The maximum absolute atomic E-state index is 13.7. The summed E-state index contributed by atoms with van der Waals surface area (Å²) in [7, 11) is 0. The molecule has 3 nitrogen and oxygen atoms in total. The predicted octanol–water partition coefficient (Wildman–Crippen LogP) is 2.72. The third-order valence-electron chi connectivity index (χ3n) is 2.25. The number of aromatic nitrogens is 2. The molecule has 0 amide bonds. The lowest BCUT2D eigenvalue weighted by Crippen LogP contribution is -2.00. The first-order valence-corrected chi connectivity index (χ1v) is 5.14. The molecule has 1 heterocycles. The molecule has 84 valence electrons. The van der Waals surface area contributed by atoms with Crippen molar-refractivity contribution >= 4 is 11.6 Å². The number of hydrogen-bond acceptors (Lipinski definition) is 2. The predicted molar refractivity (Wildman–Crippen MR) is 59.2 cm³/mol. The normalized spacial score (nSPS) is 12.8. The summed E-state index contributed by atoms with van der Waals surface area (Å²) in [6.45, 7) is 1.58. The Morgan fingerprint density at radius 2 is 2.25 bits per heavy atom. The molecular weight excluding hydrogens is 231 g/mol. The summed E-state index contributed by atoms with van der Waals surface area (Å²) in [5, 5.41) is 13.7. The summed E-state index contributed by atoms with van der Waals surface area (Å²) in [6, 6.07) is 4.50. The van der Waals surface area contributed by atoms with Crippen molar-refractivity contribution in [2.45, 2.75) is 13.0 Å². The van der Waals surface area contributed by atoms with Gasteiger partial charge in [-0.25, -0.2) is 9.07 Å². The van der Waals surface area contributed by atoms with Crippen LogP contribution in [0.3, 0.4) is 0 Å². The van der Waals surface area contributed by atoms with Crippen molar-refractivity contribution in [3.63, 3.8) is 0 Å². The summed E-state index contributed by atoms with van der Waals surface area (Å²) >= 11 is 5.70. The fourth-order valence-corrected chi connectivity index (χ4v) is 1.54. The van der Waals surface area contributed by atoms with Gasteiger partial charge < -0.3 is 5.11 Å². The molecule has 0 radical (unpaired) electrons. The molecule has 2 aromatic rings. The van der Waals surface area contributed by atoms with E-state index in [9.17, 15) is 9.50 Å². The molecule has 0 fully saturated rings. The minimum absolute atomic E-state index is 0.302. The van der Waals surface area contributed by atoms with Crippen molar-refractivity contribution < 1.29 is 9.50 Å². The largest absolute Gasteiger partial charge is 0.389 e. The summed E-state index contributed by atoms with van der Waals surface area (Å²) < 4.78 is 15.0. The minimum atomic E-state index is -0.690. The van der Waals surface area contributed by atoms with E-state index in [0.717, 1.165) is 0 Å². The number of hydrogen-bond donors (Lipinski definition) is 1. The number of rotatable bonds is 2. The maximum Gasteiger partial charge on any atom is 0.149 e. The Kier molecular flexibility index (Phi) is 2.94. The summed E-state index contributed by atoms with van der Waals surface area (Å²) in [6.07, 6.45) is 2.26. The summed E-state index contributed by atoms with van der Waals surface area (Å²) in [5.41, 5.74) is 0.829. The van der Waals surface area contributed by atoms with Gasteiger partial charge >= 0.3 is 0 Å². The molecule has 1 aromatic heterocycles. The second-order valence-corrected chi connectivity index (χ2v) is 3.93. The third-order valence-corrected chi connectivity index (χ3v) is 2.45. The van der Waals surface area contributed by atoms with Gasteiger partial charge in [-0.2, -0.15) is 5.10 Å². The fourth-order valence-electron chi connectivity index (χ4n) is 1.40. The lowest BCUT2D eigenvalue weighted by Gasteiger charge is -2.07. The molecule has 5 heteroatoms. The maximum atomic E-state index is 13.7. The molecule has 0 spiro atoms. The first kappa shape index (κ1) is 11.1. The second-order valence-electron chi connectivity index (χ2n) is 3.49. The number of nitrogens with zero attached hydrogens (tertiary/aromatic N) is 2. The van der Waals surface area contributed by atoms with E-state index in [1.165, 1.54) is 23.1 Å². The lowest BCUT2D eigenvalue weighted by molar-refractivity contribution is 0.199. The highest BCUT2D eigenvalue weighted by atomic mass is 35.5. The van der Waals surface area contributed by atoms with Crippen LogP contribution in [-0.4, -0.2) is 14.9 Å². The molecule has 0 unspecified atom stereocenters. The molecular formula is C11H10ClFN2O. The Hall–Kier alpha value is -1.39. The Labute approximate surface area is 97.1 Å². The second kappa shape index (κ2) is 4.23. The molecule has 0 aliphatic heterocycles. The van der Waals surface area contributed by atoms with Crippen LogP contribution >= 0.6 is 11.6 Å². The minimum Gasteiger partial charge on any atom is -0.389 e. The van der Waals surface area contributed by atoms with Crippen LogP contribution in [0.25, 0.3) is 5.69 Å². The molecule has 0 saturated carbocycles. The zero-order valence-corrected chi connectivity index (χ0v) is 9.32. The van der Waals surface area contributed by atoms with Crippen molar-refractivity contribution in [3.8, 4) is 5.69 Å². The van der Waals surface area contributed by atoms with Crippen molar-refractivity contribution in [1.29, 1.82) is 0 Å². The van der Waals surface area contributed by atoms with Crippen molar-refractivity contribution in [1.82, 2.24) is 9.78 Å². The fraction of sp³-hybridized carbons (Fsp3) is 0.182. The van der Waals surface area contributed by atoms with Gasteiger partial charge in [0.15, 0.2) is 0 Å². The molecule has 0 aliphatic carbocycles. The molecule has 0 saturated heterocycles. The quantitative estimate of drug-likeness (QED) is 0.877. The highest BCUT2D eigenvalue weighted by Gasteiger charge is 2.09. The average Bonchev–Trinajstić information content (AvgIpc) is 2.64. The van der Waals surface area contributed by atoms with Crippen LogP contribution < -0.4 is 0 Å². The third kappa shape index (κ3) is 2.08. The number of aliphatic hydroxyl groups is 1. The monoisotopic (exact) mass is 240 g/mol. The smallest absolute Gasteiger partial charge is 0.149 e. The molecule has 1 atom stereocenters. The number of benzene rings is 1. The Morgan fingerprint density at radius 3 is 2.75 bits per heavy atom. The molecule has 16 heavy (non-hydrogen) atoms. The van der Waals surface area contributed by atoms with E-state index in [1.54, 1.807) is 19.1 Å². The van der Waals surface area contributed by atoms with Gasteiger partial charge in [-0.1, -0.05) is 17.7 Å². The lowest BCUT2D eigenvalue weighted by atomic mass is 10.1. The Balaban J connectivity index is 2.44. The number of aliphatic hydroxyl groups excluding tert-OH is 1. The van der Waals surface area contributed by atoms with Crippen molar-refractivity contribution in [2.75, 3.05) is 0 Å². The van der Waals surface area contributed by atoms with Gasteiger partial charge in [0.05, 0.1) is 17.3 Å². The van der Waals surface area contributed by atoms with Gasteiger partial charge in [-0.05, 0) is 24.6 Å². The van der Waals surface area contributed by atoms with E-state index in [-0.39, 0.29) is 0 Å². The van der Waals surface area contributed by atoms with E-state index < -0.39 is 11.9 Å². The van der Waals surface area contributed by atoms with E-state index in [1.807, 2.05) is 0 Å². The SMILES string of the molecule is C[C@H](O)c1ccc(-n2cc(Cl)cn2)c(F)c1. The van der Waals surface area contributed by atoms with Crippen molar-refractivity contribution in [3.05, 3.63) is 47.0 Å². The summed E-state index contributed by atoms with van der Waals surface area (Å²) in [5.74, 6) is -0.446. The number of halogens is 2. The van der Waals surface area contributed by atoms with Gasteiger partial charge in [0.25, 0.3) is 0 Å². The van der Waals surface area contributed by atoms with Crippen LogP contribution in [-0.2, 0) is 0 Å². The van der Waals surface area contributed by atoms with E-state index in [4.69, 9.17) is 11.6 Å². The van der Waals surface area contributed by atoms with Crippen LogP contribution in [0.5, 0.6) is 0 Å². The first-order chi connectivity index (χ1) is 7.58. The van der Waals surface area contributed by atoms with E-state index in [2.05, 4.69) is 5.10 Å². The molecule has 0 bridgehead atoms. The Bertz CT molecular complexity index is 510. The van der Waals surface area contributed by atoms with Crippen molar-refractivity contribution in [2.24, 2.45) is 0 Å². The molecule has 2 rings (SSSR count). The molecule has 1 aromatic carbocycles. The van der Waals surface area contributed by atoms with Crippen LogP contribution in [0.2, 0.25) is 5.02 Å². The average molecular weight is 241 g/mol. The van der Waals surface area contributed by atoms with Gasteiger partial charge in [-0.15, -0.1) is 0 Å². The topological polar surface area (TPSA) is 38.0 Å². The molecule has 1 N–H and O–H groups in total. The van der Waals surface area contributed by atoms with Gasteiger partial charge in [0, 0.05) is 6.20 Å².